The van der Waals surface area contributed by atoms with E-state index in [9.17, 15) is 9.59 Å². The summed E-state index contributed by atoms with van der Waals surface area (Å²) in [6, 6.07) is 16.5. The first-order chi connectivity index (χ1) is 16.0. The van der Waals surface area contributed by atoms with E-state index >= 15 is 0 Å². The number of nitrogens with zero attached hydrogens (tertiary/aromatic N) is 2. The molecule has 0 radical (unpaired) electrons. The standard InChI is InChI=1S/C28H37N3O2/c1-4-21(3)28(33)31-19-24-10-6-5-9-23(24)17-25(31)27(32)29-18-26(30-15-7-8-16-30)22-13-11-20(2)12-14-22/h5-6,9-14,21,25-26H,4,7-8,15-19H2,1-3H3,(H,29,32). The van der Waals surface area contributed by atoms with Crippen LogP contribution in [0.1, 0.15) is 61.4 Å². The monoisotopic (exact) mass is 447 g/mol. The highest BCUT2D eigenvalue weighted by Gasteiger charge is 2.36. The maximum atomic E-state index is 13.5. The molecule has 2 heterocycles. The zero-order valence-electron chi connectivity index (χ0n) is 20.2. The lowest BCUT2D eigenvalue weighted by Crippen LogP contribution is -2.54. The summed E-state index contributed by atoms with van der Waals surface area (Å²) in [6.45, 7) is 9.26. The van der Waals surface area contributed by atoms with Gasteiger partial charge in [0.25, 0.3) is 0 Å². The second-order valence-electron chi connectivity index (χ2n) is 9.68. The van der Waals surface area contributed by atoms with Gasteiger partial charge >= 0.3 is 0 Å². The zero-order chi connectivity index (χ0) is 23.4. The quantitative estimate of drug-likeness (QED) is 0.690. The number of nitrogens with one attached hydrogen (secondary N) is 1. The minimum absolute atomic E-state index is 0.0440. The Morgan fingerprint density at radius 2 is 1.70 bits per heavy atom. The number of hydrogen-bond acceptors (Lipinski definition) is 3. The Morgan fingerprint density at radius 3 is 2.36 bits per heavy atom. The van der Waals surface area contributed by atoms with E-state index < -0.39 is 6.04 Å². The summed E-state index contributed by atoms with van der Waals surface area (Å²) in [5, 5.41) is 3.24. The van der Waals surface area contributed by atoms with Crippen LogP contribution in [0.4, 0.5) is 0 Å². The van der Waals surface area contributed by atoms with E-state index in [0.29, 0.717) is 19.5 Å². The third-order valence-electron chi connectivity index (χ3n) is 7.38. The van der Waals surface area contributed by atoms with Crippen molar-refractivity contribution in [3.8, 4) is 0 Å². The molecule has 1 fully saturated rings. The average Bonchev–Trinajstić information content (AvgIpc) is 3.38. The van der Waals surface area contributed by atoms with Crippen LogP contribution >= 0.6 is 0 Å². The van der Waals surface area contributed by atoms with Crippen molar-refractivity contribution < 1.29 is 9.59 Å². The first kappa shape index (κ1) is 23.5. The smallest absolute Gasteiger partial charge is 0.243 e. The number of rotatable bonds is 7. The Bertz CT molecular complexity index is 965. The summed E-state index contributed by atoms with van der Waals surface area (Å²) in [4.78, 5) is 31.0. The van der Waals surface area contributed by atoms with Gasteiger partial charge in [0.15, 0.2) is 0 Å². The van der Waals surface area contributed by atoms with Crippen molar-refractivity contribution in [2.24, 2.45) is 5.92 Å². The molecule has 5 heteroatoms. The second-order valence-corrected chi connectivity index (χ2v) is 9.68. The molecule has 0 bridgehead atoms. The van der Waals surface area contributed by atoms with Crippen molar-refractivity contribution >= 4 is 11.8 Å². The van der Waals surface area contributed by atoms with Gasteiger partial charge in [0, 0.05) is 25.4 Å². The number of fused-ring (bicyclic) bond motifs is 1. The highest BCUT2D eigenvalue weighted by molar-refractivity contribution is 5.89. The predicted molar refractivity (Wildman–Crippen MR) is 132 cm³/mol. The minimum atomic E-state index is -0.460. The van der Waals surface area contributed by atoms with Gasteiger partial charge in [0.2, 0.25) is 11.8 Å². The summed E-state index contributed by atoms with van der Waals surface area (Å²) < 4.78 is 0. The van der Waals surface area contributed by atoms with E-state index in [-0.39, 0.29) is 23.8 Å². The molecule has 4 rings (SSSR count). The number of carbonyl (C=O) groups excluding carboxylic acids is 2. The Labute approximate surface area is 198 Å². The number of amides is 2. The molecule has 3 unspecified atom stereocenters. The fraction of sp³-hybridized carbons (Fsp3) is 0.500. The van der Waals surface area contributed by atoms with Gasteiger partial charge in [-0.05, 0) is 56.0 Å². The molecular formula is C28H37N3O2. The average molecular weight is 448 g/mol. The lowest BCUT2D eigenvalue weighted by Gasteiger charge is -2.38. The summed E-state index contributed by atoms with van der Waals surface area (Å²) in [5.41, 5.74) is 4.79. The van der Waals surface area contributed by atoms with Crippen LogP contribution in [0, 0.1) is 12.8 Å². The van der Waals surface area contributed by atoms with Crippen LogP contribution in [0.15, 0.2) is 48.5 Å². The fourth-order valence-corrected chi connectivity index (χ4v) is 5.06. The molecule has 0 spiro atoms. The molecule has 2 aliphatic rings. The molecule has 2 aromatic rings. The second kappa shape index (κ2) is 10.5. The molecule has 0 aliphatic carbocycles. The van der Waals surface area contributed by atoms with E-state index in [1.54, 1.807) is 0 Å². The van der Waals surface area contributed by atoms with E-state index in [0.717, 1.165) is 25.1 Å². The molecular weight excluding hydrogens is 410 g/mol. The maximum absolute atomic E-state index is 13.5. The highest BCUT2D eigenvalue weighted by Crippen LogP contribution is 2.27. The van der Waals surface area contributed by atoms with Crippen LogP contribution < -0.4 is 5.32 Å². The SMILES string of the molecule is CCC(C)C(=O)N1Cc2ccccc2CC1C(=O)NCC(c1ccc(C)cc1)N1CCCC1. The van der Waals surface area contributed by atoms with Crippen LogP contribution in [0.2, 0.25) is 0 Å². The van der Waals surface area contributed by atoms with E-state index in [1.165, 1.54) is 29.5 Å². The van der Waals surface area contributed by atoms with Crippen molar-refractivity contribution in [1.29, 1.82) is 0 Å². The largest absolute Gasteiger partial charge is 0.352 e. The van der Waals surface area contributed by atoms with Gasteiger partial charge in [0.1, 0.15) is 6.04 Å². The molecule has 3 atom stereocenters. The van der Waals surface area contributed by atoms with Crippen molar-refractivity contribution in [3.05, 3.63) is 70.8 Å². The van der Waals surface area contributed by atoms with Crippen LogP contribution in [-0.4, -0.2) is 47.3 Å². The van der Waals surface area contributed by atoms with Crippen LogP contribution in [-0.2, 0) is 22.6 Å². The van der Waals surface area contributed by atoms with Gasteiger partial charge in [0.05, 0.1) is 6.04 Å². The van der Waals surface area contributed by atoms with E-state index in [1.807, 2.05) is 30.9 Å². The first-order valence-electron chi connectivity index (χ1n) is 12.4. The van der Waals surface area contributed by atoms with E-state index in [4.69, 9.17) is 0 Å². The molecule has 2 amide bonds. The van der Waals surface area contributed by atoms with Gasteiger partial charge in [-0.15, -0.1) is 0 Å². The summed E-state index contributed by atoms with van der Waals surface area (Å²) in [6.07, 6.45) is 3.75. The van der Waals surface area contributed by atoms with Crippen LogP contribution in [0.3, 0.4) is 0 Å². The number of carbonyl (C=O) groups is 2. The Morgan fingerprint density at radius 1 is 1.03 bits per heavy atom. The normalized spacial score (nSPS) is 20.2. The van der Waals surface area contributed by atoms with Crippen LogP contribution in [0.25, 0.3) is 0 Å². The minimum Gasteiger partial charge on any atom is -0.352 e. The Kier molecular flexibility index (Phi) is 7.49. The van der Waals surface area contributed by atoms with Crippen molar-refractivity contribution in [1.82, 2.24) is 15.1 Å². The third-order valence-corrected chi connectivity index (χ3v) is 7.38. The van der Waals surface area contributed by atoms with Gasteiger partial charge in [-0.3, -0.25) is 14.5 Å². The van der Waals surface area contributed by atoms with Gasteiger partial charge in [-0.1, -0.05) is 67.9 Å². The Balaban J connectivity index is 1.52. The third kappa shape index (κ3) is 5.30. The molecule has 1 saturated heterocycles. The van der Waals surface area contributed by atoms with Gasteiger partial charge in [-0.25, -0.2) is 0 Å². The summed E-state index contributed by atoms with van der Waals surface area (Å²) in [5.74, 6) is -0.0604. The molecule has 2 aliphatic heterocycles. The fourth-order valence-electron chi connectivity index (χ4n) is 5.06. The van der Waals surface area contributed by atoms with Crippen LogP contribution in [0.5, 0.6) is 0 Å². The number of benzene rings is 2. The topological polar surface area (TPSA) is 52.7 Å². The molecule has 0 saturated carbocycles. The molecule has 33 heavy (non-hydrogen) atoms. The Hall–Kier alpha value is -2.66. The van der Waals surface area contributed by atoms with Crippen molar-refractivity contribution in [3.63, 3.8) is 0 Å². The predicted octanol–water partition coefficient (Wildman–Crippen LogP) is 4.25. The van der Waals surface area contributed by atoms with E-state index in [2.05, 4.69) is 53.5 Å². The maximum Gasteiger partial charge on any atom is 0.243 e. The lowest BCUT2D eigenvalue weighted by atomic mass is 9.92. The first-order valence-corrected chi connectivity index (χ1v) is 12.4. The lowest BCUT2D eigenvalue weighted by molar-refractivity contribution is -0.144. The molecule has 0 aromatic heterocycles. The molecule has 1 N–H and O–H groups in total. The zero-order valence-corrected chi connectivity index (χ0v) is 20.2. The molecule has 2 aromatic carbocycles. The molecule has 176 valence electrons. The summed E-state index contributed by atoms with van der Waals surface area (Å²) in [7, 11) is 0. The number of hydrogen-bond donors (Lipinski definition) is 1. The van der Waals surface area contributed by atoms with Gasteiger partial charge in [-0.2, -0.15) is 0 Å². The number of aryl methyl sites for hydroxylation is 1. The highest BCUT2D eigenvalue weighted by atomic mass is 16.2. The van der Waals surface area contributed by atoms with Crippen molar-refractivity contribution in [2.45, 2.75) is 65.1 Å². The molecule has 5 nitrogen and oxygen atoms in total. The summed E-state index contributed by atoms with van der Waals surface area (Å²) >= 11 is 0. The van der Waals surface area contributed by atoms with Gasteiger partial charge < -0.3 is 10.2 Å². The number of likely N-dealkylation sites (tertiary alicyclic amines) is 1. The van der Waals surface area contributed by atoms with Crippen molar-refractivity contribution in [2.75, 3.05) is 19.6 Å².